The smallest absolute Gasteiger partial charge is 0.500 e. The molecule has 0 heterocycles. The van der Waals surface area contributed by atoms with Crippen LogP contribution in [0, 0.1) is 0 Å². The monoisotopic (exact) mass is 702 g/mol. The van der Waals surface area contributed by atoms with E-state index in [1.54, 1.807) is 79.1 Å². The van der Waals surface area contributed by atoms with Crippen LogP contribution >= 0.6 is 0 Å². The third-order valence-electron chi connectivity index (χ3n) is 7.86. The molecule has 13 nitrogen and oxygen atoms in total. The molecule has 0 fully saturated rings. The molecule has 0 radical (unpaired) electrons. The van der Waals surface area contributed by atoms with Crippen molar-refractivity contribution in [2.45, 2.75) is 62.8 Å². The molecule has 15 heteroatoms. The average molecular weight is 703 g/mol. The highest BCUT2D eigenvalue weighted by Gasteiger charge is 2.37. The van der Waals surface area contributed by atoms with Gasteiger partial charge >= 0.3 is 17.6 Å². The molecule has 2 rings (SSSR count). The Hall–Kier alpha value is -2.13. The normalized spacial score (nSPS) is 13.5. The molecular formula is C32H54O13Si2. The van der Waals surface area contributed by atoms with Crippen molar-refractivity contribution in [2.24, 2.45) is 0 Å². The molecule has 2 aromatic rings. The molecule has 0 spiro atoms. The summed E-state index contributed by atoms with van der Waals surface area (Å²) >= 11 is 0. The first-order chi connectivity index (χ1) is 22.6. The van der Waals surface area contributed by atoms with Gasteiger partial charge in [0.25, 0.3) is 0 Å². The fourth-order valence-electron chi connectivity index (χ4n) is 4.93. The summed E-state index contributed by atoms with van der Waals surface area (Å²) < 4.78 is 49.6. The molecule has 0 aliphatic rings. The quantitative estimate of drug-likeness (QED) is 0.0821. The molecule has 2 aromatic carbocycles. The lowest BCUT2D eigenvalue weighted by molar-refractivity contribution is 0.0309. The highest BCUT2D eigenvalue weighted by Crippen LogP contribution is 2.31. The average Bonchev–Trinajstić information content (AvgIpc) is 3.09. The van der Waals surface area contributed by atoms with Crippen LogP contribution in [0.25, 0.3) is 0 Å². The van der Waals surface area contributed by atoms with Gasteiger partial charge in [-0.3, -0.25) is 0 Å². The van der Waals surface area contributed by atoms with Crippen molar-refractivity contribution < 1.29 is 61.2 Å². The number of aliphatic hydroxyl groups excluding tert-OH is 2. The summed E-state index contributed by atoms with van der Waals surface area (Å²) in [5.74, 6) is 1.20. The van der Waals surface area contributed by atoms with Crippen LogP contribution in [0.4, 0.5) is 0 Å². The molecule has 47 heavy (non-hydrogen) atoms. The second kappa shape index (κ2) is 21.8. The Morgan fingerprint density at radius 2 is 0.936 bits per heavy atom. The van der Waals surface area contributed by atoms with E-state index in [0.717, 1.165) is 0 Å². The first-order valence-electron chi connectivity index (χ1n) is 15.7. The fraction of sp³-hybridized carbons (Fsp3) is 0.625. The molecular weight excluding hydrogens is 649 g/mol. The summed E-state index contributed by atoms with van der Waals surface area (Å²) in [6, 6.07) is 11.0. The van der Waals surface area contributed by atoms with Crippen molar-refractivity contribution in [2.75, 3.05) is 69.1 Å². The van der Waals surface area contributed by atoms with Gasteiger partial charge < -0.3 is 61.2 Å². The lowest BCUT2D eigenvalue weighted by atomic mass is 10.0. The fourth-order valence-corrected chi connectivity index (χ4v) is 8.31. The lowest BCUT2D eigenvalue weighted by Crippen LogP contribution is -2.42. The largest absolute Gasteiger partial charge is 0.508 e. The molecule has 0 saturated heterocycles. The molecule has 4 N–H and O–H groups in total. The zero-order valence-electron chi connectivity index (χ0n) is 28.6. The highest BCUT2D eigenvalue weighted by molar-refractivity contribution is 6.60. The summed E-state index contributed by atoms with van der Waals surface area (Å²) in [5, 5.41) is 41.6. The van der Waals surface area contributed by atoms with E-state index in [2.05, 4.69) is 0 Å². The molecule has 2 unspecified atom stereocenters. The summed E-state index contributed by atoms with van der Waals surface area (Å²) in [6.45, 7) is 1.18. The Kier molecular flexibility index (Phi) is 19.0. The third-order valence-corrected chi connectivity index (χ3v) is 13.5. The van der Waals surface area contributed by atoms with Gasteiger partial charge in [0.15, 0.2) is 0 Å². The Labute approximate surface area is 280 Å². The van der Waals surface area contributed by atoms with Gasteiger partial charge in [0.2, 0.25) is 0 Å². The summed E-state index contributed by atoms with van der Waals surface area (Å²) in [5.41, 5.74) is 1.25. The van der Waals surface area contributed by atoms with E-state index >= 15 is 0 Å². The number of ether oxygens (including phenoxy) is 3. The first kappa shape index (κ1) is 41.0. The van der Waals surface area contributed by atoms with E-state index in [0.29, 0.717) is 86.5 Å². The number of aliphatic hydroxyl groups is 2. The van der Waals surface area contributed by atoms with E-state index in [9.17, 15) is 20.4 Å². The van der Waals surface area contributed by atoms with Crippen molar-refractivity contribution in [3.05, 3.63) is 47.5 Å². The van der Waals surface area contributed by atoms with Gasteiger partial charge in [0.1, 0.15) is 23.0 Å². The number of phenols is 2. The molecule has 0 aliphatic carbocycles. The summed E-state index contributed by atoms with van der Waals surface area (Å²) in [6.07, 6.45) is 1.51. The molecule has 0 aliphatic heterocycles. The van der Waals surface area contributed by atoms with Crippen LogP contribution in [0.3, 0.4) is 0 Å². The van der Waals surface area contributed by atoms with E-state index < -0.39 is 29.8 Å². The van der Waals surface area contributed by atoms with Gasteiger partial charge in [-0.05, 0) is 86.1 Å². The van der Waals surface area contributed by atoms with E-state index in [1.807, 2.05) is 0 Å². The number of hydrogen-bond acceptors (Lipinski definition) is 13. The number of aromatic hydroxyl groups is 2. The molecule has 0 saturated carbocycles. The maximum absolute atomic E-state index is 10.4. The van der Waals surface area contributed by atoms with Gasteiger partial charge in [-0.15, -0.1) is 0 Å². The minimum Gasteiger partial charge on any atom is -0.508 e. The molecule has 2 atom stereocenters. The zero-order chi connectivity index (χ0) is 34.7. The molecule has 268 valence electrons. The molecule has 0 amide bonds. The number of benzene rings is 2. The van der Waals surface area contributed by atoms with Crippen LogP contribution in [-0.2, 0) is 48.9 Å². The van der Waals surface area contributed by atoms with E-state index in [-0.39, 0.29) is 24.7 Å². The second-order valence-corrected chi connectivity index (χ2v) is 17.2. The Bertz CT molecular complexity index is 1040. The maximum Gasteiger partial charge on any atom is 0.500 e. The van der Waals surface area contributed by atoms with E-state index in [1.165, 1.54) is 0 Å². The van der Waals surface area contributed by atoms with Crippen LogP contribution in [-0.4, -0.2) is 119 Å². The van der Waals surface area contributed by atoms with Crippen LogP contribution in [0.1, 0.15) is 36.8 Å². The number of rotatable bonds is 26. The summed E-state index contributed by atoms with van der Waals surface area (Å²) in [7, 11) is 4.12. The molecule has 0 bridgehead atoms. The van der Waals surface area contributed by atoms with Crippen LogP contribution in [0.5, 0.6) is 23.0 Å². The minimum atomic E-state index is -2.64. The van der Waals surface area contributed by atoms with Crippen LogP contribution in [0.2, 0.25) is 12.1 Å². The van der Waals surface area contributed by atoms with E-state index in [4.69, 9.17) is 40.8 Å². The zero-order valence-corrected chi connectivity index (χ0v) is 30.6. The number of hydrogen-bond donors (Lipinski definition) is 4. The minimum absolute atomic E-state index is 0.102. The van der Waals surface area contributed by atoms with Gasteiger partial charge in [-0.2, -0.15) is 0 Å². The van der Waals surface area contributed by atoms with Crippen molar-refractivity contribution in [1.82, 2.24) is 0 Å². The number of aryl methyl sites for hydroxylation is 2. The Morgan fingerprint density at radius 3 is 1.28 bits per heavy atom. The van der Waals surface area contributed by atoms with Gasteiger partial charge in [0.05, 0.1) is 25.4 Å². The number of phenolic OH excluding ortho intramolecular Hbond substituents is 2. The maximum atomic E-state index is 10.4. The van der Waals surface area contributed by atoms with Crippen molar-refractivity contribution in [3.63, 3.8) is 0 Å². The van der Waals surface area contributed by atoms with Gasteiger partial charge in [-0.25, -0.2) is 0 Å². The third kappa shape index (κ3) is 14.1. The topological polar surface area (TPSA) is 164 Å². The predicted molar refractivity (Wildman–Crippen MR) is 179 cm³/mol. The van der Waals surface area contributed by atoms with Crippen LogP contribution in [0.15, 0.2) is 36.4 Å². The van der Waals surface area contributed by atoms with Crippen molar-refractivity contribution >= 4 is 17.6 Å². The second-order valence-electron chi connectivity index (χ2n) is 11.0. The first-order valence-corrected chi connectivity index (χ1v) is 19.6. The van der Waals surface area contributed by atoms with Gasteiger partial charge in [-0.1, -0.05) is 0 Å². The summed E-state index contributed by atoms with van der Waals surface area (Å²) in [4.78, 5) is 0. The standard InChI is InChI=1S/C32H54O13Si2/c1-37-46(38-2,39-3)19-7-17-43-23-27(33)11-9-25-21-29(13-15-31(25)35)45-30-14-16-32(36)26(22-30)10-12-28(34)24-44-18-8-20-47(40-4,41-5)42-6/h13-16,21-22,27-28,33-36H,7-12,17-20,23-24H2,1-6H3. The molecule has 0 aromatic heterocycles. The van der Waals surface area contributed by atoms with Crippen molar-refractivity contribution in [1.29, 1.82) is 0 Å². The van der Waals surface area contributed by atoms with Crippen LogP contribution < -0.4 is 4.74 Å². The van der Waals surface area contributed by atoms with Crippen molar-refractivity contribution in [3.8, 4) is 23.0 Å². The lowest BCUT2D eigenvalue weighted by Gasteiger charge is -2.24. The highest BCUT2D eigenvalue weighted by atomic mass is 28.4. The van der Waals surface area contributed by atoms with Gasteiger partial charge in [0, 0.05) is 68.0 Å². The Balaban J connectivity index is 1.80. The SMILES string of the molecule is CO[Si](CCCOCC(O)CCc1cc(Oc2ccc(O)c(CCC(O)COCCC[Si](OC)(OC)OC)c2)ccc1O)(OC)OC. The Morgan fingerprint density at radius 1 is 0.574 bits per heavy atom. The predicted octanol–water partition coefficient (Wildman–Crippen LogP) is 4.05.